The minimum absolute atomic E-state index is 0.432. The lowest BCUT2D eigenvalue weighted by atomic mass is 10.1. The van der Waals surface area contributed by atoms with E-state index in [9.17, 15) is 30.6 Å². The lowest BCUT2D eigenvalue weighted by Crippen LogP contribution is -2.33. The number of hydrogen-bond acceptors (Lipinski definition) is 13. The summed E-state index contributed by atoms with van der Waals surface area (Å²) in [5.41, 5.74) is 2.09. The Kier molecular flexibility index (Phi) is 6.29. The second kappa shape index (κ2) is 9.89. The van der Waals surface area contributed by atoms with E-state index in [1.165, 1.54) is 12.7 Å². The highest BCUT2D eigenvalue weighted by Crippen LogP contribution is 2.35. The highest BCUT2D eigenvalue weighted by Gasteiger charge is 2.45. The lowest BCUT2D eigenvalue weighted by Gasteiger charge is -2.17. The molecule has 8 atom stereocenters. The summed E-state index contributed by atoms with van der Waals surface area (Å²) in [6, 6.07) is 3.51. The van der Waals surface area contributed by atoms with Crippen LogP contribution in [0.25, 0.3) is 39.1 Å². The highest BCUT2D eigenvalue weighted by atomic mass is 16.6. The smallest absolute Gasteiger partial charge is 0.166 e. The Morgan fingerprint density at radius 3 is 1.85 bits per heavy atom. The molecule has 0 amide bonds. The molecule has 0 saturated carbocycles. The van der Waals surface area contributed by atoms with Gasteiger partial charge >= 0.3 is 0 Å². The summed E-state index contributed by atoms with van der Waals surface area (Å²) in [5, 5.41) is 66.0. The molecule has 16 heteroatoms. The van der Waals surface area contributed by atoms with Crippen molar-refractivity contribution in [3.8, 4) is 17.1 Å². The van der Waals surface area contributed by atoms with Gasteiger partial charge < -0.3 is 49.2 Å². The molecule has 0 aromatic carbocycles. The molecule has 41 heavy (non-hydrogen) atoms. The Balaban J connectivity index is 1.23. The van der Waals surface area contributed by atoms with Crippen LogP contribution < -0.4 is 0 Å². The third-order valence-corrected chi connectivity index (χ3v) is 7.65. The van der Waals surface area contributed by atoms with Gasteiger partial charge in [-0.2, -0.15) is 5.10 Å². The Labute approximate surface area is 230 Å². The number of nitrogens with zero attached hydrogens (tertiary/aromatic N) is 8. The van der Waals surface area contributed by atoms with Gasteiger partial charge in [0.25, 0.3) is 0 Å². The topological polar surface area (TPSA) is 219 Å². The zero-order chi connectivity index (χ0) is 28.4. The molecule has 16 nitrogen and oxygen atoms in total. The summed E-state index contributed by atoms with van der Waals surface area (Å²) in [6.07, 6.45) is 0.630. The van der Waals surface area contributed by atoms with Crippen molar-refractivity contribution in [3.05, 3.63) is 49.6 Å². The Bertz CT molecular complexity index is 1600. The van der Waals surface area contributed by atoms with E-state index in [2.05, 4.69) is 25.0 Å². The summed E-state index contributed by atoms with van der Waals surface area (Å²) in [5.74, 6) is 0.445. The maximum atomic E-state index is 10.5. The molecule has 2 fully saturated rings. The number of ether oxygens (including phenoxy) is 2. The molecular weight excluding hydrogens is 540 g/mol. The Morgan fingerprint density at radius 2 is 1.27 bits per heavy atom. The molecule has 2 aliphatic rings. The predicted octanol–water partition coefficient (Wildman–Crippen LogP) is -1.75. The monoisotopic (exact) mass is 566 g/mol. The fourth-order valence-electron chi connectivity index (χ4n) is 5.53. The van der Waals surface area contributed by atoms with Crippen molar-refractivity contribution >= 4 is 22.1 Å². The SMILES string of the molecule is OC[C@H]1O[C@@H](n2ccc3c(-c4cnn(-c5ncnc6c5ccn6[C@@H]5O[C@H](CO)[C@@H](O)[C@H]5O)c4)ncnc32)[C@H](O)[C@@H]1O. The lowest BCUT2D eigenvalue weighted by molar-refractivity contribution is -0.0508. The van der Waals surface area contributed by atoms with Crippen LogP contribution in [0.4, 0.5) is 0 Å². The van der Waals surface area contributed by atoms with Crippen LogP contribution in [-0.2, 0) is 9.47 Å². The van der Waals surface area contributed by atoms with E-state index in [1.54, 1.807) is 50.7 Å². The van der Waals surface area contributed by atoms with E-state index in [-0.39, 0.29) is 0 Å². The molecule has 0 aliphatic carbocycles. The zero-order valence-electron chi connectivity index (χ0n) is 21.2. The number of aliphatic hydroxyl groups is 6. The summed E-state index contributed by atoms with van der Waals surface area (Å²) in [7, 11) is 0. The van der Waals surface area contributed by atoms with Gasteiger partial charge in [-0.15, -0.1) is 0 Å². The standard InChI is InChI=1S/C25H26N8O8/c34-7-14-17(36)19(38)24(40-14)31-3-1-12-16(26-9-27-21(12)31)11-5-30-33(6-11)23-13-2-4-32(22(13)28-10-29-23)25-20(39)18(37)15(8-35)41-25/h1-6,9-10,14-15,17-20,24-25,34-39H,7-8H2/t14-,15-,17-,18-,19-,20-,24-,25-/m1/s1. The van der Waals surface area contributed by atoms with Crippen LogP contribution in [-0.4, -0.2) is 119 Å². The van der Waals surface area contributed by atoms with Crippen molar-refractivity contribution < 1.29 is 40.1 Å². The van der Waals surface area contributed by atoms with Crippen molar-refractivity contribution in [2.24, 2.45) is 0 Å². The molecule has 0 radical (unpaired) electrons. The van der Waals surface area contributed by atoms with Crippen LogP contribution in [0.15, 0.2) is 49.6 Å². The molecule has 0 unspecified atom stereocenters. The van der Waals surface area contributed by atoms with Gasteiger partial charge in [-0.25, -0.2) is 24.6 Å². The Hall–Kier alpha value is -3.87. The van der Waals surface area contributed by atoms with Crippen molar-refractivity contribution in [2.75, 3.05) is 13.2 Å². The van der Waals surface area contributed by atoms with Crippen molar-refractivity contribution in [3.63, 3.8) is 0 Å². The maximum absolute atomic E-state index is 10.5. The molecule has 5 aromatic rings. The van der Waals surface area contributed by atoms with Gasteiger partial charge in [-0.1, -0.05) is 0 Å². The molecule has 7 rings (SSSR count). The van der Waals surface area contributed by atoms with Gasteiger partial charge in [0.1, 0.15) is 60.6 Å². The summed E-state index contributed by atoms with van der Waals surface area (Å²) >= 11 is 0. The van der Waals surface area contributed by atoms with Gasteiger partial charge in [0, 0.05) is 29.5 Å². The molecule has 5 aromatic heterocycles. The first-order chi connectivity index (χ1) is 19.9. The van der Waals surface area contributed by atoms with Crippen molar-refractivity contribution in [2.45, 2.75) is 49.1 Å². The van der Waals surface area contributed by atoms with Gasteiger partial charge in [0.15, 0.2) is 18.3 Å². The second-order valence-corrected chi connectivity index (χ2v) is 9.97. The van der Waals surface area contributed by atoms with Crippen LogP contribution in [0.2, 0.25) is 0 Å². The number of fused-ring (bicyclic) bond motifs is 2. The average Bonchev–Trinajstić information content (AvgIpc) is 3.81. The van der Waals surface area contributed by atoms with Crippen LogP contribution in [0.3, 0.4) is 0 Å². The van der Waals surface area contributed by atoms with Crippen molar-refractivity contribution in [1.82, 2.24) is 38.9 Å². The molecular formula is C25H26N8O8. The van der Waals surface area contributed by atoms with E-state index >= 15 is 0 Å². The van der Waals surface area contributed by atoms with Gasteiger partial charge in [0.05, 0.1) is 30.5 Å². The third-order valence-electron chi connectivity index (χ3n) is 7.65. The zero-order valence-corrected chi connectivity index (χ0v) is 21.2. The number of rotatable bonds is 6. The normalized spacial score (nSPS) is 30.2. The van der Waals surface area contributed by atoms with Crippen LogP contribution in [0.5, 0.6) is 0 Å². The number of aliphatic hydroxyl groups excluding tert-OH is 6. The molecule has 0 bridgehead atoms. The van der Waals surface area contributed by atoms with E-state index in [4.69, 9.17) is 9.47 Å². The first-order valence-electron chi connectivity index (χ1n) is 12.8. The van der Waals surface area contributed by atoms with Crippen LogP contribution in [0.1, 0.15) is 12.5 Å². The second-order valence-electron chi connectivity index (χ2n) is 9.97. The quantitative estimate of drug-likeness (QED) is 0.134. The van der Waals surface area contributed by atoms with E-state index in [0.29, 0.717) is 39.1 Å². The fourth-order valence-corrected chi connectivity index (χ4v) is 5.53. The molecule has 7 heterocycles. The summed E-state index contributed by atoms with van der Waals surface area (Å²) in [4.78, 5) is 17.5. The highest BCUT2D eigenvalue weighted by molar-refractivity contribution is 5.91. The number of hydrogen-bond donors (Lipinski definition) is 6. The number of aromatic nitrogens is 8. The van der Waals surface area contributed by atoms with Crippen LogP contribution >= 0.6 is 0 Å². The molecule has 2 aliphatic heterocycles. The summed E-state index contributed by atoms with van der Waals surface area (Å²) < 4.78 is 16.0. The first-order valence-corrected chi connectivity index (χ1v) is 12.8. The van der Waals surface area contributed by atoms with E-state index in [0.717, 1.165) is 0 Å². The van der Waals surface area contributed by atoms with E-state index in [1.807, 2.05) is 0 Å². The van der Waals surface area contributed by atoms with Gasteiger partial charge in [-0.05, 0) is 12.1 Å². The Morgan fingerprint density at radius 1 is 0.707 bits per heavy atom. The summed E-state index contributed by atoms with van der Waals surface area (Å²) in [6.45, 7) is -0.879. The molecule has 2 saturated heterocycles. The molecule has 6 N–H and O–H groups in total. The van der Waals surface area contributed by atoms with Gasteiger partial charge in [0.2, 0.25) is 0 Å². The van der Waals surface area contributed by atoms with Gasteiger partial charge in [-0.3, -0.25) is 0 Å². The van der Waals surface area contributed by atoms with E-state index < -0.39 is 62.3 Å². The fraction of sp³-hybridized carbons (Fsp3) is 0.400. The molecule has 0 spiro atoms. The maximum Gasteiger partial charge on any atom is 0.166 e. The largest absolute Gasteiger partial charge is 0.394 e. The van der Waals surface area contributed by atoms with Crippen molar-refractivity contribution in [1.29, 1.82) is 0 Å². The van der Waals surface area contributed by atoms with Crippen LogP contribution in [0, 0.1) is 0 Å². The first kappa shape index (κ1) is 26.1. The molecule has 214 valence electrons. The average molecular weight is 567 g/mol. The predicted molar refractivity (Wildman–Crippen MR) is 137 cm³/mol. The minimum Gasteiger partial charge on any atom is -0.394 e. The third kappa shape index (κ3) is 3.96. The minimum atomic E-state index is -1.27.